The Labute approximate surface area is 94.5 Å². The predicted octanol–water partition coefficient (Wildman–Crippen LogP) is 0.206. The van der Waals surface area contributed by atoms with Gasteiger partial charge in [-0.05, 0) is 27.2 Å². The molecule has 5 nitrogen and oxygen atoms in total. The fourth-order valence-corrected chi connectivity index (χ4v) is 1.44. The Morgan fingerprint density at radius 2 is 2.00 bits per heavy atom. The van der Waals surface area contributed by atoms with Crippen molar-refractivity contribution in [3.05, 3.63) is 12.2 Å². The SMILES string of the molecule is CC(C)(C)OC(=O)N[C@H]1C=C[C@H](C(=O)[O-])C1. The molecule has 0 bridgehead atoms. The van der Waals surface area contributed by atoms with Gasteiger partial charge in [0.2, 0.25) is 0 Å². The lowest BCUT2D eigenvalue weighted by Crippen LogP contribution is -2.39. The summed E-state index contributed by atoms with van der Waals surface area (Å²) in [6.45, 7) is 5.29. The third-order valence-electron chi connectivity index (χ3n) is 2.09. The first-order chi connectivity index (χ1) is 7.28. The molecule has 0 heterocycles. The number of aliphatic carboxylic acids is 1. The molecule has 0 fully saturated rings. The van der Waals surface area contributed by atoms with E-state index in [4.69, 9.17) is 4.74 Å². The molecule has 1 N–H and O–H groups in total. The highest BCUT2D eigenvalue weighted by Gasteiger charge is 2.23. The molecule has 1 aliphatic rings. The number of nitrogens with one attached hydrogen (secondary N) is 1. The van der Waals surface area contributed by atoms with Crippen molar-refractivity contribution in [1.82, 2.24) is 5.32 Å². The first-order valence-electron chi connectivity index (χ1n) is 5.16. The average molecular weight is 226 g/mol. The van der Waals surface area contributed by atoms with Crippen LogP contribution in [0.3, 0.4) is 0 Å². The van der Waals surface area contributed by atoms with Crippen LogP contribution >= 0.6 is 0 Å². The van der Waals surface area contributed by atoms with Crippen molar-refractivity contribution < 1.29 is 19.4 Å². The largest absolute Gasteiger partial charge is 0.550 e. The van der Waals surface area contributed by atoms with Crippen molar-refractivity contribution in [3.8, 4) is 0 Å². The maximum atomic E-state index is 11.4. The molecule has 5 heteroatoms. The molecule has 0 aromatic rings. The zero-order chi connectivity index (χ0) is 12.3. The van der Waals surface area contributed by atoms with Gasteiger partial charge in [-0.1, -0.05) is 12.2 Å². The third kappa shape index (κ3) is 3.92. The molecular formula is C11H16NO4-. The minimum atomic E-state index is -1.12. The van der Waals surface area contributed by atoms with Gasteiger partial charge in [-0.25, -0.2) is 4.79 Å². The number of carboxylic acids is 1. The summed E-state index contributed by atoms with van der Waals surface area (Å²) < 4.78 is 5.05. The van der Waals surface area contributed by atoms with Gasteiger partial charge in [0.15, 0.2) is 0 Å². The molecule has 0 aromatic carbocycles. The zero-order valence-electron chi connectivity index (χ0n) is 9.65. The van der Waals surface area contributed by atoms with Gasteiger partial charge < -0.3 is 20.0 Å². The number of amides is 1. The van der Waals surface area contributed by atoms with E-state index in [1.807, 2.05) is 0 Å². The van der Waals surface area contributed by atoms with Gasteiger partial charge in [-0.15, -0.1) is 0 Å². The van der Waals surface area contributed by atoms with E-state index in [-0.39, 0.29) is 6.04 Å². The number of carbonyl (C=O) groups excluding carboxylic acids is 2. The second kappa shape index (κ2) is 4.55. The first-order valence-corrected chi connectivity index (χ1v) is 5.16. The van der Waals surface area contributed by atoms with Gasteiger partial charge in [0.25, 0.3) is 0 Å². The van der Waals surface area contributed by atoms with Gasteiger partial charge in [0.05, 0.1) is 6.04 Å². The number of hydrogen-bond acceptors (Lipinski definition) is 4. The van der Waals surface area contributed by atoms with Crippen LogP contribution in [-0.4, -0.2) is 23.7 Å². The van der Waals surface area contributed by atoms with Crippen LogP contribution in [0, 0.1) is 5.92 Å². The lowest BCUT2D eigenvalue weighted by Gasteiger charge is -2.21. The minimum Gasteiger partial charge on any atom is -0.550 e. The van der Waals surface area contributed by atoms with Crippen molar-refractivity contribution in [2.45, 2.75) is 38.8 Å². The van der Waals surface area contributed by atoms with Crippen LogP contribution in [0.25, 0.3) is 0 Å². The normalized spacial score (nSPS) is 24.2. The summed E-state index contributed by atoms with van der Waals surface area (Å²) in [4.78, 5) is 21.9. The van der Waals surface area contributed by atoms with E-state index in [0.717, 1.165) is 0 Å². The Hall–Kier alpha value is -1.52. The molecule has 1 aliphatic carbocycles. The number of hydrogen-bond donors (Lipinski definition) is 1. The van der Waals surface area contributed by atoms with Crippen molar-refractivity contribution in [2.24, 2.45) is 5.92 Å². The van der Waals surface area contributed by atoms with Crippen molar-refractivity contribution in [3.63, 3.8) is 0 Å². The summed E-state index contributed by atoms with van der Waals surface area (Å²) in [6, 6.07) is -0.294. The Balaban J connectivity index is 2.38. The highest BCUT2D eigenvalue weighted by atomic mass is 16.6. The maximum absolute atomic E-state index is 11.4. The molecule has 16 heavy (non-hydrogen) atoms. The van der Waals surface area contributed by atoms with E-state index < -0.39 is 23.6 Å². The van der Waals surface area contributed by atoms with Crippen LogP contribution in [0.5, 0.6) is 0 Å². The molecule has 0 spiro atoms. The molecule has 0 radical (unpaired) electrons. The van der Waals surface area contributed by atoms with E-state index in [1.165, 1.54) is 6.08 Å². The summed E-state index contributed by atoms with van der Waals surface area (Å²) >= 11 is 0. The Morgan fingerprint density at radius 3 is 2.44 bits per heavy atom. The zero-order valence-corrected chi connectivity index (χ0v) is 9.65. The lowest BCUT2D eigenvalue weighted by molar-refractivity contribution is -0.309. The van der Waals surface area contributed by atoms with E-state index in [0.29, 0.717) is 6.42 Å². The lowest BCUT2D eigenvalue weighted by atomic mass is 10.1. The molecule has 0 unspecified atom stereocenters. The number of carbonyl (C=O) groups is 2. The van der Waals surface area contributed by atoms with E-state index in [1.54, 1.807) is 26.8 Å². The van der Waals surface area contributed by atoms with Crippen LogP contribution in [-0.2, 0) is 9.53 Å². The number of ether oxygens (including phenoxy) is 1. The molecule has 0 aliphatic heterocycles. The van der Waals surface area contributed by atoms with Gasteiger partial charge in [0.1, 0.15) is 5.60 Å². The van der Waals surface area contributed by atoms with E-state index in [9.17, 15) is 14.7 Å². The summed E-state index contributed by atoms with van der Waals surface area (Å²) in [5.41, 5.74) is -0.555. The Bertz CT molecular complexity index is 316. The molecule has 2 atom stereocenters. The van der Waals surface area contributed by atoms with Crippen LogP contribution < -0.4 is 10.4 Å². The van der Waals surface area contributed by atoms with Crippen molar-refractivity contribution >= 4 is 12.1 Å². The molecule has 1 rings (SSSR count). The smallest absolute Gasteiger partial charge is 0.408 e. The third-order valence-corrected chi connectivity index (χ3v) is 2.09. The minimum absolute atomic E-state index is 0.294. The monoisotopic (exact) mass is 226 g/mol. The summed E-state index contributed by atoms with van der Waals surface area (Å²) in [5.74, 6) is -1.75. The molecule has 0 saturated heterocycles. The molecule has 0 aromatic heterocycles. The topological polar surface area (TPSA) is 78.5 Å². The molecule has 90 valence electrons. The summed E-state index contributed by atoms with van der Waals surface area (Å²) in [6.07, 6.45) is 2.95. The molecule has 1 amide bonds. The Morgan fingerprint density at radius 1 is 1.38 bits per heavy atom. The number of rotatable bonds is 2. The van der Waals surface area contributed by atoms with Gasteiger partial charge >= 0.3 is 6.09 Å². The maximum Gasteiger partial charge on any atom is 0.408 e. The van der Waals surface area contributed by atoms with Crippen LogP contribution in [0.4, 0.5) is 4.79 Å². The fourth-order valence-electron chi connectivity index (χ4n) is 1.44. The van der Waals surface area contributed by atoms with E-state index >= 15 is 0 Å². The molecule has 0 saturated carbocycles. The van der Waals surface area contributed by atoms with Crippen LogP contribution in [0.15, 0.2) is 12.2 Å². The second-order valence-corrected chi connectivity index (χ2v) is 4.80. The standard InChI is InChI=1S/C11H17NO4/c1-11(2,3)16-10(15)12-8-5-4-7(6-8)9(13)14/h4-5,7-8H,6H2,1-3H3,(H,12,15)(H,13,14)/p-1/t7-,8-/m0/s1. The van der Waals surface area contributed by atoms with Crippen molar-refractivity contribution in [1.29, 1.82) is 0 Å². The number of carboxylic acid groups (broad SMARTS) is 1. The highest BCUT2D eigenvalue weighted by Crippen LogP contribution is 2.17. The number of alkyl carbamates (subject to hydrolysis) is 1. The fraction of sp³-hybridized carbons (Fsp3) is 0.636. The van der Waals surface area contributed by atoms with Gasteiger partial charge in [0, 0.05) is 11.9 Å². The predicted molar refractivity (Wildman–Crippen MR) is 55.4 cm³/mol. The summed E-state index contributed by atoms with van der Waals surface area (Å²) in [5, 5.41) is 13.1. The second-order valence-electron chi connectivity index (χ2n) is 4.80. The molecular weight excluding hydrogens is 210 g/mol. The van der Waals surface area contributed by atoms with E-state index in [2.05, 4.69) is 5.32 Å². The highest BCUT2D eigenvalue weighted by molar-refractivity contribution is 5.72. The quantitative estimate of drug-likeness (QED) is 0.682. The summed E-state index contributed by atoms with van der Waals surface area (Å²) in [7, 11) is 0. The van der Waals surface area contributed by atoms with Crippen molar-refractivity contribution in [2.75, 3.05) is 0 Å². The average Bonchev–Trinajstić information content (AvgIpc) is 2.48. The van der Waals surface area contributed by atoms with Gasteiger partial charge in [-0.2, -0.15) is 0 Å². The van der Waals surface area contributed by atoms with Crippen LogP contribution in [0.1, 0.15) is 27.2 Å². The Kier molecular flexibility index (Phi) is 3.57. The first kappa shape index (κ1) is 12.5. The van der Waals surface area contributed by atoms with Crippen LogP contribution in [0.2, 0.25) is 0 Å². The van der Waals surface area contributed by atoms with Gasteiger partial charge in [-0.3, -0.25) is 0 Å².